The molecule has 1 aromatic heterocycles. The van der Waals surface area contributed by atoms with Gasteiger partial charge in [-0.25, -0.2) is 4.79 Å². The first-order chi connectivity index (χ1) is 9.76. The molecule has 1 heterocycles. The molecule has 0 amide bonds. The zero-order valence-corrected chi connectivity index (χ0v) is 11.2. The van der Waals surface area contributed by atoms with E-state index in [1.807, 2.05) is 13.0 Å². The van der Waals surface area contributed by atoms with E-state index in [1.54, 1.807) is 18.2 Å². The molecule has 0 radical (unpaired) electrons. The lowest BCUT2D eigenvalue weighted by Crippen LogP contribution is -2.06. The third kappa shape index (κ3) is 3.16. The molecular weight excluding hydrogens is 258 g/mol. The van der Waals surface area contributed by atoms with Gasteiger partial charge in [0, 0.05) is 25.0 Å². The molecule has 5 heteroatoms. The number of hydrogen-bond donors (Lipinski definition) is 0. The molecule has 0 aliphatic rings. The molecule has 0 N–H and O–H groups in total. The van der Waals surface area contributed by atoms with Crippen LogP contribution in [-0.2, 0) is 4.74 Å². The second-order valence-electron chi connectivity index (χ2n) is 4.13. The highest BCUT2D eigenvalue weighted by Gasteiger charge is 2.09. The smallest absolute Gasteiger partial charge is 0.354 e. The van der Waals surface area contributed by atoms with Gasteiger partial charge in [-0.3, -0.25) is 0 Å². The largest absolute Gasteiger partial charge is 0.490 e. The van der Waals surface area contributed by atoms with E-state index in [4.69, 9.17) is 19.2 Å². The van der Waals surface area contributed by atoms with Crippen LogP contribution in [-0.4, -0.2) is 19.8 Å². The zero-order chi connectivity index (χ0) is 14.4. The summed E-state index contributed by atoms with van der Waals surface area (Å²) in [5, 5.41) is 9.49. The molecule has 0 unspecified atom stereocenters. The number of para-hydroxylation sites is 1. The summed E-state index contributed by atoms with van der Waals surface area (Å²) in [7, 11) is 0. The van der Waals surface area contributed by atoms with E-state index in [0.717, 1.165) is 6.42 Å². The molecule has 104 valence electrons. The summed E-state index contributed by atoms with van der Waals surface area (Å²) in [5.74, 6) is 0.501. The van der Waals surface area contributed by atoms with Gasteiger partial charge in [0.1, 0.15) is 11.6 Å². The number of nitriles is 1. The van der Waals surface area contributed by atoms with Crippen LogP contribution in [0.15, 0.2) is 33.5 Å². The molecule has 0 spiro atoms. The van der Waals surface area contributed by atoms with Crippen molar-refractivity contribution in [2.75, 3.05) is 19.8 Å². The van der Waals surface area contributed by atoms with Crippen molar-refractivity contribution in [1.82, 2.24) is 0 Å². The lowest BCUT2D eigenvalue weighted by molar-refractivity contribution is 0.131. The Kier molecular flexibility index (Phi) is 4.75. The standard InChI is InChI=1S/C15H15NO4/c1-2-18-7-4-8-19-13-6-3-5-11-9-12(10-16)15(17)20-14(11)13/h3,5-6,9H,2,4,7-8H2,1H3. The molecule has 0 aliphatic heterocycles. The fraction of sp³-hybridized carbons (Fsp3) is 0.333. The quantitative estimate of drug-likeness (QED) is 0.597. The second kappa shape index (κ2) is 6.73. The Morgan fingerprint density at radius 1 is 1.35 bits per heavy atom. The summed E-state index contributed by atoms with van der Waals surface area (Å²) in [6.45, 7) is 3.72. The molecule has 0 saturated heterocycles. The van der Waals surface area contributed by atoms with Gasteiger partial charge in [-0.05, 0) is 19.1 Å². The normalized spacial score (nSPS) is 10.4. The summed E-state index contributed by atoms with van der Waals surface area (Å²) in [6.07, 6.45) is 0.755. The molecule has 20 heavy (non-hydrogen) atoms. The van der Waals surface area contributed by atoms with Gasteiger partial charge in [0.05, 0.1) is 6.61 Å². The van der Waals surface area contributed by atoms with Crippen molar-refractivity contribution in [2.45, 2.75) is 13.3 Å². The molecule has 2 rings (SSSR count). The summed E-state index contributed by atoms with van der Waals surface area (Å²) >= 11 is 0. The minimum Gasteiger partial charge on any atom is -0.490 e. The van der Waals surface area contributed by atoms with Crippen LogP contribution in [0.25, 0.3) is 11.0 Å². The van der Waals surface area contributed by atoms with E-state index in [0.29, 0.717) is 36.5 Å². The Morgan fingerprint density at radius 2 is 2.20 bits per heavy atom. The van der Waals surface area contributed by atoms with E-state index in [2.05, 4.69) is 0 Å². The topological polar surface area (TPSA) is 72.5 Å². The highest BCUT2D eigenvalue weighted by atomic mass is 16.5. The molecule has 0 atom stereocenters. The molecule has 5 nitrogen and oxygen atoms in total. The van der Waals surface area contributed by atoms with Crippen LogP contribution >= 0.6 is 0 Å². The molecule has 0 aliphatic carbocycles. The van der Waals surface area contributed by atoms with Crippen molar-refractivity contribution in [3.63, 3.8) is 0 Å². The van der Waals surface area contributed by atoms with Crippen molar-refractivity contribution in [3.05, 3.63) is 40.2 Å². The van der Waals surface area contributed by atoms with Crippen molar-refractivity contribution >= 4 is 11.0 Å². The molecule has 0 saturated carbocycles. The number of rotatable bonds is 6. The monoisotopic (exact) mass is 273 g/mol. The third-order valence-electron chi connectivity index (χ3n) is 2.74. The predicted molar refractivity (Wildman–Crippen MR) is 73.8 cm³/mol. The van der Waals surface area contributed by atoms with E-state index in [1.165, 1.54) is 6.07 Å². The van der Waals surface area contributed by atoms with Crippen molar-refractivity contribution in [1.29, 1.82) is 5.26 Å². The first-order valence-corrected chi connectivity index (χ1v) is 6.43. The Bertz CT molecular complexity index is 684. The Labute approximate surface area is 116 Å². The van der Waals surface area contributed by atoms with Crippen LogP contribution in [0.1, 0.15) is 18.9 Å². The molecule has 0 bridgehead atoms. The number of fused-ring (bicyclic) bond motifs is 1. The average Bonchev–Trinajstić information content (AvgIpc) is 2.46. The van der Waals surface area contributed by atoms with Crippen molar-refractivity contribution < 1.29 is 13.9 Å². The van der Waals surface area contributed by atoms with Crippen LogP contribution in [0.3, 0.4) is 0 Å². The SMILES string of the molecule is CCOCCCOc1cccc2cc(C#N)c(=O)oc12. The minimum atomic E-state index is -0.648. The average molecular weight is 273 g/mol. The summed E-state index contributed by atoms with van der Waals surface area (Å²) in [4.78, 5) is 11.6. The molecule has 1 aromatic carbocycles. The van der Waals surface area contributed by atoms with Crippen LogP contribution in [0.4, 0.5) is 0 Å². The maximum Gasteiger partial charge on any atom is 0.354 e. The lowest BCUT2D eigenvalue weighted by atomic mass is 10.2. The van der Waals surface area contributed by atoms with Gasteiger partial charge < -0.3 is 13.9 Å². The molecule has 2 aromatic rings. The highest BCUT2D eigenvalue weighted by molar-refractivity contribution is 5.83. The van der Waals surface area contributed by atoms with Gasteiger partial charge in [-0.15, -0.1) is 0 Å². The number of benzene rings is 1. The number of nitrogens with zero attached hydrogens (tertiary/aromatic N) is 1. The summed E-state index contributed by atoms with van der Waals surface area (Å²) in [5.41, 5.74) is -0.288. The van der Waals surface area contributed by atoms with Crippen LogP contribution in [0.5, 0.6) is 5.75 Å². The van der Waals surface area contributed by atoms with E-state index >= 15 is 0 Å². The van der Waals surface area contributed by atoms with Gasteiger partial charge in [0.25, 0.3) is 0 Å². The van der Waals surface area contributed by atoms with Gasteiger partial charge in [0.2, 0.25) is 0 Å². The predicted octanol–water partition coefficient (Wildman–Crippen LogP) is 2.47. The van der Waals surface area contributed by atoms with Gasteiger partial charge >= 0.3 is 5.63 Å². The first-order valence-electron chi connectivity index (χ1n) is 6.43. The zero-order valence-electron chi connectivity index (χ0n) is 11.2. The summed E-state index contributed by atoms with van der Waals surface area (Å²) in [6, 6.07) is 8.61. The fourth-order valence-electron chi connectivity index (χ4n) is 1.80. The Balaban J connectivity index is 2.20. The van der Waals surface area contributed by atoms with E-state index in [-0.39, 0.29) is 5.56 Å². The van der Waals surface area contributed by atoms with Crippen molar-refractivity contribution in [2.24, 2.45) is 0 Å². The van der Waals surface area contributed by atoms with Crippen LogP contribution < -0.4 is 10.4 Å². The first kappa shape index (κ1) is 14.1. The Hall–Kier alpha value is -2.32. The van der Waals surface area contributed by atoms with Crippen LogP contribution in [0.2, 0.25) is 0 Å². The number of ether oxygens (including phenoxy) is 2. The highest BCUT2D eigenvalue weighted by Crippen LogP contribution is 2.24. The van der Waals surface area contributed by atoms with Gasteiger partial charge in [-0.2, -0.15) is 5.26 Å². The maximum absolute atomic E-state index is 11.6. The van der Waals surface area contributed by atoms with Crippen LogP contribution in [0, 0.1) is 11.3 Å². The molecule has 0 fully saturated rings. The Morgan fingerprint density at radius 3 is 2.95 bits per heavy atom. The van der Waals surface area contributed by atoms with Crippen molar-refractivity contribution in [3.8, 4) is 11.8 Å². The second-order valence-corrected chi connectivity index (χ2v) is 4.13. The third-order valence-corrected chi connectivity index (χ3v) is 2.74. The number of hydrogen-bond acceptors (Lipinski definition) is 5. The van der Waals surface area contributed by atoms with E-state index < -0.39 is 5.63 Å². The fourth-order valence-corrected chi connectivity index (χ4v) is 1.80. The lowest BCUT2D eigenvalue weighted by Gasteiger charge is -2.08. The van der Waals surface area contributed by atoms with Gasteiger partial charge in [0.15, 0.2) is 11.3 Å². The van der Waals surface area contributed by atoms with Gasteiger partial charge in [-0.1, -0.05) is 12.1 Å². The minimum absolute atomic E-state index is 0.00834. The maximum atomic E-state index is 11.6. The van der Waals surface area contributed by atoms with E-state index in [9.17, 15) is 4.79 Å². The molecular formula is C15H15NO4. The summed E-state index contributed by atoms with van der Waals surface area (Å²) < 4.78 is 16.0.